The molecule has 0 spiro atoms. The van der Waals surface area contributed by atoms with Crippen LogP contribution in [0.5, 0.6) is 0 Å². The normalized spacial score (nSPS) is 12.1. The van der Waals surface area contributed by atoms with Gasteiger partial charge in [0.1, 0.15) is 0 Å². The van der Waals surface area contributed by atoms with Crippen molar-refractivity contribution in [3.63, 3.8) is 0 Å². The quantitative estimate of drug-likeness (QED) is 0.833. The zero-order valence-electron chi connectivity index (χ0n) is 9.13. The van der Waals surface area contributed by atoms with E-state index >= 15 is 0 Å². The molecule has 0 fully saturated rings. The summed E-state index contributed by atoms with van der Waals surface area (Å²) < 4.78 is 4.98. The maximum Gasteiger partial charge on any atom is 0.0955 e. The van der Waals surface area contributed by atoms with Gasteiger partial charge in [-0.05, 0) is 20.8 Å². The van der Waals surface area contributed by atoms with Gasteiger partial charge < -0.3 is 9.84 Å². The van der Waals surface area contributed by atoms with Crippen molar-refractivity contribution in [3.8, 4) is 0 Å². The number of nitrogens with zero attached hydrogens (tertiary/aromatic N) is 1. The molecule has 1 aromatic rings. The first-order chi connectivity index (χ1) is 6.45. The molecule has 1 rings (SSSR count). The van der Waals surface area contributed by atoms with E-state index in [9.17, 15) is 5.11 Å². The van der Waals surface area contributed by atoms with E-state index in [2.05, 4.69) is 4.98 Å². The molecule has 1 heterocycles. The van der Waals surface area contributed by atoms with E-state index in [4.69, 9.17) is 4.74 Å². The van der Waals surface area contributed by atoms with Gasteiger partial charge in [-0.15, -0.1) is 11.3 Å². The molecule has 1 N–H and O–H groups in total. The Hall–Kier alpha value is -0.450. The van der Waals surface area contributed by atoms with E-state index in [-0.39, 0.29) is 0 Å². The fraction of sp³-hybridized carbons (Fsp3) is 0.700. The van der Waals surface area contributed by atoms with Crippen LogP contribution in [0.1, 0.15) is 29.4 Å². The zero-order chi connectivity index (χ0) is 10.8. The smallest absolute Gasteiger partial charge is 0.0955 e. The number of hydrogen-bond acceptors (Lipinski definition) is 4. The largest absolute Gasteiger partial charge is 0.385 e. The molecule has 0 unspecified atom stereocenters. The Bertz CT molecular complexity index is 302. The van der Waals surface area contributed by atoms with Gasteiger partial charge in [0.15, 0.2) is 0 Å². The summed E-state index contributed by atoms with van der Waals surface area (Å²) in [5.74, 6) is 0. The van der Waals surface area contributed by atoms with Crippen molar-refractivity contribution in [2.45, 2.75) is 32.8 Å². The molecule has 0 aliphatic carbocycles. The highest BCUT2D eigenvalue weighted by atomic mass is 32.1. The van der Waals surface area contributed by atoms with Crippen molar-refractivity contribution >= 4 is 11.3 Å². The number of methoxy groups -OCH3 is 1. The van der Waals surface area contributed by atoms with Crippen molar-refractivity contribution in [1.29, 1.82) is 0 Å². The molecular formula is C10H17NO2S. The third kappa shape index (κ3) is 2.77. The van der Waals surface area contributed by atoms with Crippen LogP contribution in [-0.4, -0.2) is 23.8 Å². The summed E-state index contributed by atoms with van der Waals surface area (Å²) in [6.45, 7) is 6.18. The molecule has 1 aromatic heterocycles. The van der Waals surface area contributed by atoms with E-state index in [0.29, 0.717) is 6.61 Å². The summed E-state index contributed by atoms with van der Waals surface area (Å²) in [5.41, 5.74) is 0.140. The maximum atomic E-state index is 9.85. The van der Waals surface area contributed by atoms with Crippen molar-refractivity contribution < 1.29 is 9.84 Å². The van der Waals surface area contributed by atoms with Crippen LogP contribution >= 0.6 is 11.3 Å². The number of rotatable bonds is 4. The SMILES string of the molecule is COCCc1nc(C)c(C(C)(C)O)s1. The summed E-state index contributed by atoms with van der Waals surface area (Å²) in [6.07, 6.45) is 0.818. The molecule has 80 valence electrons. The maximum absolute atomic E-state index is 9.85. The van der Waals surface area contributed by atoms with Crippen molar-refractivity contribution in [2.75, 3.05) is 13.7 Å². The van der Waals surface area contributed by atoms with Crippen LogP contribution in [-0.2, 0) is 16.8 Å². The highest BCUT2D eigenvalue weighted by Gasteiger charge is 2.22. The number of hydrogen-bond donors (Lipinski definition) is 1. The summed E-state index contributed by atoms with van der Waals surface area (Å²) in [7, 11) is 1.68. The summed E-state index contributed by atoms with van der Waals surface area (Å²) in [5, 5.41) is 10.9. The lowest BCUT2D eigenvalue weighted by molar-refractivity contribution is 0.0817. The lowest BCUT2D eigenvalue weighted by Gasteiger charge is -2.14. The molecule has 0 aliphatic heterocycles. The summed E-state index contributed by atoms with van der Waals surface area (Å²) in [4.78, 5) is 5.34. The topological polar surface area (TPSA) is 42.4 Å². The summed E-state index contributed by atoms with van der Waals surface area (Å²) in [6, 6.07) is 0. The molecule has 0 atom stereocenters. The van der Waals surface area contributed by atoms with Gasteiger partial charge >= 0.3 is 0 Å². The van der Waals surface area contributed by atoms with Gasteiger partial charge in [-0.2, -0.15) is 0 Å². The molecule has 0 radical (unpaired) electrons. The van der Waals surface area contributed by atoms with Crippen LogP contribution in [0.4, 0.5) is 0 Å². The molecule has 14 heavy (non-hydrogen) atoms. The monoisotopic (exact) mass is 215 g/mol. The highest BCUT2D eigenvalue weighted by molar-refractivity contribution is 7.11. The Balaban J connectivity index is 2.83. The average Bonchev–Trinajstić information content (AvgIpc) is 2.42. The highest BCUT2D eigenvalue weighted by Crippen LogP contribution is 2.29. The van der Waals surface area contributed by atoms with Crippen LogP contribution in [0.2, 0.25) is 0 Å². The number of aryl methyl sites for hydroxylation is 1. The Morgan fingerprint density at radius 3 is 2.57 bits per heavy atom. The molecule has 3 nitrogen and oxygen atoms in total. The van der Waals surface area contributed by atoms with Gasteiger partial charge in [-0.3, -0.25) is 0 Å². The Morgan fingerprint density at radius 1 is 1.50 bits per heavy atom. The third-order valence-electron chi connectivity index (χ3n) is 1.92. The standard InChI is InChI=1S/C10H17NO2S/c1-7-9(10(2,3)12)14-8(11-7)5-6-13-4/h12H,5-6H2,1-4H3. The van der Waals surface area contributed by atoms with Gasteiger partial charge in [-0.1, -0.05) is 0 Å². The third-order valence-corrected chi connectivity index (χ3v) is 3.45. The minimum atomic E-state index is -0.785. The van der Waals surface area contributed by atoms with Gasteiger partial charge in [-0.25, -0.2) is 4.98 Å². The molecule has 0 saturated heterocycles. The second-order valence-electron chi connectivity index (χ2n) is 3.82. The number of aromatic nitrogens is 1. The van der Waals surface area contributed by atoms with Crippen LogP contribution in [0, 0.1) is 6.92 Å². The van der Waals surface area contributed by atoms with E-state index in [0.717, 1.165) is 22.0 Å². The number of thiazole rings is 1. The molecule has 0 amide bonds. The second-order valence-corrected chi connectivity index (χ2v) is 4.91. The predicted octanol–water partition coefficient (Wildman–Crippen LogP) is 1.87. The first-order valence-electron chi connectivity index (χ1n) is 4.63. The van der Waals surface area contributed by atoms with Crippen molar-refractivity contribution in [3.05, 3.63) is 15.6 Å². The molecule has 0 bridgehead atoms. The Morgan fingerprint density at radius 2 is 2.14 bits per heavy atom. The lowest BCUT2D eigenvalue weighted by atomic mass is 10.1. The van der Waals surface area contributed by atoms with Crippen molar-refractivity contribution in [1.82, 2.24) is 4.98 Å². The zero-order valence-corrected chi connectivity index (χ0v) is 9.94. The predicted molar refractivity (Wildman–Crippen MR) is 57.7 cm³/mol. The molecular weight excluding hydrogens is 198 g/mol. The number of aliphatic hydroxyl groups is 1. The van der Waals surface area contributed by atoms with E-state index in [1.165, 1.54) is 0 Å². The van der Waals surface area contributed by atoms with Gasteiger partial charge in [0.2, 0.25) is 0 Å². The molecule has 0 aliphatic rings. The second kappa shape index (κ2) is 4.38. The molecule has 0 saturated carbocycles. The lowest BCUT2D eigenvalue weighted by Crippen LogP contribution is -2.14. The van der Waals surface area contributed by atoms with Crippen LogP contribution in [0.25, 0.3) is 0 Å². The molecule has 0 aromatic carbocycles. The number of ether oxygens (including phenoxy) is 1. The minimum absolute atomic E-state index is 0.679. The van der Waals surface area contributed by atoms with Gasteiger partial charge in [0, 0.05) is 13.5 Å². The van der Waals surface area contributed by atoms with E-state index in [1.54, 1.807) is 32.3 Å². The Labute approximate surface area is 88.8 Å². The van der Waals surface area contributed by atoms with Gasteiger partial charge in [0.05, 0.1) is 27.8 Å². The van der Waals surface area contributed by atoms with E-state index in [1.807, 2.05) is 6.92 Å². The van der Waals surface area contributed by atoms with Crippen LogP contribution in [0.3, 0.4) is 0 Å². The van der Waals surface area contributed by atoms with E-state index < -0.39 is 5.60 Å². The minimum Gasteiger partial charge on any atom is -0.385 e. The summed E-state index contributed by atoms with van der Waals surface area (Å²) >= 11 is 1.57. The average molecular weight is 215 g/mol. The fourth-order valence-corrected chi connectivity index (χ4v) is 2.36. The van der Waals surface area contributed by atoms with Crippen molar-refractivity contribution in [2.24, 2.45) is 0 Å². The first-order valence-corrected chi connectivity index (χ1v) is 5.45. The molecule has 4 heteroatoms. The fourth-order valence-electron chi connectivity index (χ4n) is 1.32. The first kappa shape index (κ1) is 11.6. The van der Waals surface area contributed by atoms with Crippen LogP contribution < -0.4 is 0 Å². The van der Waals surface area contributed by atoms with Gasteiger partial charge in [0.25, 0.3) is 0 Å². The van der Waals surface area contributed by atoms with Crippen LogP contribution in [0.15, 0.2) is 0 Å². The Kier molecular flexibility index (Phi) is 3.64.